The topological polar surface area (TPSA) is 94.3 Å². The molecule has 1 aliphatic rings. The van der Waals surface area contributed by atoms with Crippen LogP contribution in [0.3, 0.4) is 0 Å². The van der Waals surface area contributed by atoms with Gasteiger partial charge in [0.2, 0.25) is 0 Å². The van der Waals surface area contributed by atoms with E-state index in [1.54, 1.807) is 37.4 Å². The maximum absolute atomic E-state index is 12.7. The molecule has 0 bridgehead atoms. The van der Waals surface area contributed by atoms with Gasteiger partial charge in [-0.05, 0) is 41.3 Å². The van der Waals surface area contributed by atoms with Crippen LogP contribution in [0.15, 0.2) is 53.7 Å². The van der Waals surface area contributed by atoms with Gasteiger partial charge in [0.1, 0.15) is 17.2 Å². The van der Waals surface area contributed by atoms with Crippen LogP contribution in [0.2, 0.25) is 0 Å². The number of carbonyl (C=O) groups is 2. The van der Waals surface area contributed by atoms with Crippen LogP contribution >= 0.6 is 0 Å². The number of hydrogen-bond acceptors (Lipinski definition) is 6. The summed E-state index contributed by atoms with van der Waals surface area (Å²) in [5.74, 6) is 0.141. The van der Waals surface area contributed by atoms with Crippen molar-refractivity contribution in [2.45, 2.75) is 0 Å². The first kappa shape index (κ1) is 18.1. The second-order valence-electron chi connectivity index (χ2n) is 5.71. The first-order valence-electron chi connectivity index (χ1n) is 7.99. The van der Waals surface area contributed by atoms with Crippen LogP contribution < -0.4 is 9.47 Å². The molecule has 0 spiro atoms. The Hall–Kier alpha value is -3.68. The fourth-order valence-corrected chi connectivity index (χ4v) is 2.59. The van der Waals surface area contributed by atoms with E-state index in [0.717, 1.165) is 4.90 Å². The third-order valence-electron chi connectivity index (χ3n) is 4.11. The van der Waals surface area contributed by atoms with Gasteiger partial charge in [0, 0.05) is 24.3 Å². The minimum atomic E-state index is -0.493. The summed E-state index contributed by atoms with van der Waals surface area (Å²) in [5, 5.41) is 16.7. The van der Waals surface area contributed by atoms with E-state index in [9.17, 15) is 14.8 Å². The van der Waals surface area contributed by atoms with Crippen molar-refractivity contribution in [3.8, 4) is 11.5 Å². The Morgan fingerprint density at radius 3 is 2.19 bits per heavy atom. The lowest BCUT2D eigenvalue weighted by atomic mass is 10.0. The highest BCUT2D eigenvalue weighted by Crippen LogP contribution is 2.34. The van der Waals surface area contributed by atoms with Crippen molar-refractivity contribution in [1.82, 2.24) is 4.90 Å². The van der Waals surface area contributed by atoms with Gasteiger partial charge in [-0.15, -0.1) is 0 Å². The van der Waals surface area contributed by atoms with Crippen molar-refractivity contribution in [1.29, 1.82) is 0 Å². The van der Waals surface area contributed by atoms with Gasteiger partial charge in [0.15, 0.2) is 0 Å². The molecule has 1 heterocycles. The molecule has 0 unspecified atom stereocenters. The van der Waals surface area contributed by atoms with Gasteiger partial charge >= 0.3 is 0 Å². The van der Waals surface area contributed by atoms with E-state index in [1.165, 1.54) is 32.4 Å². The molecule has 2 amide bonds. The smallest absolute Gasteiger partial charge is 0.261 e. The second-order valence-corrected chi connectivity index (χ2v) is 5.71. The van der Waals surface area contributed by atoms with Crippen molar-refractivity contribution in [2.24, 2.45) is 5.11 Å². The van der Waals surface area contributed by atoms with E-state index in [-0.39, 0.29) is 16.8 Å². The maximum Gasteiger partial charge on any atom is 0.261 e. The summed E-state index contributed by atoms with van der Waals surface area (Å²) in [7, 11) is 4.39. The molecule has 27 heavy (non-hydrogen) atoms. The van der Waals surface area contributed by atoms with Crippen molar-refractivity contribution < 1.29 is 23.9 Å². The van der Waals surface area contributed by atoms with Crippen LogP contribution in [0.5, 0.6) is 11.5 Å². The predicted octanol–water partition coefficient (Wildman–Crippen LogP) is 3.01. The summed E-state index contributed by atoms with van der Waals surface area (Å²) in [6.07, 6.45) is 1.20. The Bertz CT molecular complexity index is 964. The maximum atomic E-state index is 12.7. The second kappa shape index (κ2) is 7.28. The number of rotatable bonds is 5. The Morgan fingerprint density at radius 2 is 1.63 bits per heavy atom. The van der Waals surface area contributed by atoms with Crippen LogP contribution in [0.1, 0.15) is 5.56 Å². The minimum Gasteiger partial charge on any atom is -0.594 e. The minimum absolute atomic E-state index is 0.113. The molecule has 0 radical (unpaired) electrons. The molecule has 0 fully saturated rings. The van der Waals surface area contributed by atoms with Crippen LogP contribution in [0.4, 0.5) is 11.4 Å². The van der Waals surface area contributed by atoms with E-state index in [2.05, 4.69) is 5.11 Å². The average Bonchev–Trinajstić information content (AvgIpc) is 2.95. The van der Waals surface area contributed by atoms with Crippen molar-refractivity contribution in [2.75, 3.05) is 21.3 Å². The molecule has 0 aromatic heterocycles. The van der Waals surface area contributed by atoms with Crippen molar-refractivity contribution in [3.05, 3.63) is 59.3 Å². The lowest BCUT2D eigenvalue weighted by Crippen LogP contribution is -2.25. The Kier molecular flexibility index (Phi) is 4.89. The molecule has 8 heteroatoms. The summed E-state index contributed by atoms with van der Waals surface area (Å²) in [6.45, 7) is 0. The largest absolute Gasteiger partial charge is 0.594 e. The highest BCUT2D eigenvalue weighted by molar-refractivity contribution is 6.33. The van der Waals surface area contributed by atoms with Gasteiger partial charge in [-0.25, -0.2) is 0 Å². The zero-order valence-corrected chi connectivity index (χ0v) is 15.0. The highest BCUT2D eigenvalue weighted by atomic mass is 16.5. The molecule has 8 nitrogen and oxygen atoms in total. The molecule has 0 saturated carbocycles. The number of likely N-dealkylation sites (N-methyl/N-ethyl adjacent to an activating group) is 1. The summed E-state index contributed by atoms with van der Waals surface area (Å²) in [4.78, 5) is 25.6. The van der Waals surface area contributed by atoms with Crippen LogP contribution in [0.25, 0.3) is 5.57 Å². The van der Waals surface area contributed by atoms with Crippen LogP contribution in [0, 0.1) is 5.21 Å². The molecule has 138 valence electrons. The lowest BCUT2D eigenvalue weighted by molar-refractivity contribution is -0.435. The number of imide groups is 1. The first-order chi connectivity index (χ1) is 12.9. The molecular formula is C19H17N3O5. The Labute approximate surface area is 155 Å². The third kappa shape index (κ3) is 3.50. The van der Waals surface area contributed by atoms with E-state index in [0.29, 0.717) is 22.0 Å². The fourth-order valence-electron chi connectivity index (χ4n) is 2.59. The average molecular weight is 367 g/mol. The van der Waals surface area contributed by atoms with Crippen molar-refractivity contribution >= 4 is 28.8 Å². The summed E-state index contributed by atoms with van der Waals surface area (Å²) in [5.41, 5.74) is 0.910. The number of methoxy groups -OCH3 is 2. The van der Waals surface area contributed by atoms with Gasteiger partial charge in [-0.1, -0.05) is 0 Å². The third-order valence-corrected chi connectivity index (χ3v) is 4.11. The number of amides is 2. The molecule has 3 rings (SSSR count). The summed E-state index contributed by atoms with van der Waals surface area (Å²) in [6, 6.07) is 11.2. The Morgan fingerprint density at radius 1 is 1.00 bits per heavy atom. The van der Waals surface area contributed by atoms with E-state index >= 15 is 0 Å². The lowest BCUT2D eigenvalue weighted by Gasteiger charge is -2.10. The number of carbonyl (C=O) groups excluding carboxylic acids is 2. The normalized spacial score (nSPS) is 14.4. The van der Waals surface area contributed by atoms with E-state index in [4.69, 9.17) is 9.47 Å². The zero-order valence-electron chi connectivity index (χ0n) is 15.0. The number of hydrogen-bond donors (Lipinski definition) is 0. The quantitative estimate of drug-likeness (QED) is 0.350. The molecule has 0 atom stereocenters. The van der Waals surface area contributed by atoms with Gasteiger partial charge in [-0.3, -0.25) is 14.5 Å². The SMILES string of the molecule is COc1ccc(N=[N+]([O-])c2ccc(OC)cc2C2=CC(=O)N(C)C2=O)cc1. The fraction of sp³-hybridized carbons (Fsp3) is 0.158. The molecule has 0 N–H and O–H groups in total. The van der Waals surface area contributed by atoms with Crippen LogP contribution in [-0.4, -0.2) is 42.8 Å². The van der Waals surface area contributed by atoms with Crippen LogP contribution in [-0.2, 0) is 9.59 Å². The number of azo groups is 1. The highest BCUT2D eigenvalue weighted by Gasteiger charge is 2.32. The molecule has 0 saturated heterocycles. The monoisotopic (exact) mass is 367 g/mol. The van der Waals surface area contributed by atoms with E-state index < -0.39 is 11.8 Å². The standard InChI is InChI=1S/C19H17N3O5/c1-21-18(23)11-16(19(21)24)15-10-14(27-3)8-9-17(15)22(25)20-12-4-6-13(26-2)7-5-12/h4-11H,1-3H3. The van der Waals surface area contributed by atoms with Gasteiger partial charge < -0.3 is 14.7 Å². The molecule has 2 aromatic rings. The van der Waals surface area contributed by atoms with E-state index in [1.807, 2.05) is 0 Å². The van der Waals surface area contributed by atoms with Gasteiger partial charge in [0.05, 0.1) is 25.4 Å². The number of ether oxygens (including phenoxy) is 2. The molecule has 2 aromatic carbocycles. The van der Waals surface area contributed by atoms with Gasteiger partial charge in [0.25, 0.3) is 17.5 Å². The molecule has 1 aliphatic heterocycles. The zero-order chi connectivity index (χ0) is 19.6. The Balaban J connectivity index is 2.07. The summed E-state index contributed by atoms with van der Waals surface area (Å²) >= 11 is 0. The molecule has 0 aliphatic carbocycles. The predicted molar refractivity (Wildman–Crippen MR) is 97.1 cm³/mol. The number of benzene rings is 2. The first-order valence-corrected chi connectivity index (χ1v) is 7.99. The van der Waals surface area contributed by atoms with Gasteiger partial charge in [-0.2, -0.15) is 0 Å². The van der Waals surface area contributed by atoms with Crippen molar-refractivity contribution in [3.63, 3.8) is 0 Å². The number of nitrogens with zero attached hydrogens (tertiary/aromatic N) is 3. The molecular weight excluding hydrogens is 350 g/mol. The summed E-state index contributed by atoms with van der Waals surface area (Å²) < 4.78 is 10.3.